The van der Waals surface area contributed by atoms with Gasteiger partial charge in [0.1, 0.15) is 6.61 Å². The van der Waals surface area contributed by atoms with Crippen LogP contribution in [0.4, 0.5) is 5.82 Å². The van der Waals surface area contributed by atoms with Crippen LogP contribution in [0.3, 0.4) is 0 Å². The van der Waals surface area contributed by atoms with Crippen molar-refractivity contribution in [2.75, 3.05) is 11.9 Å². The van der Waals surface area contributed by atoms with E-state index in [2.05, 4.69) is 15.5 Å². The van der Waals surface area contributed by atoms with Crippen molar-refractivity contribution in [1.82, 2.24) is 10.2 Å². The topological polar surface area (TPSA) is 76.2 Å². The third kappa shape index (κ3) is 2.84. The van der Waals surface area contributed by atoms with Crippen LogP contribution < -0.4 is 14.8 Å². The van der Waals surface area contributed by atoms with Crippen molar-refractivity contribution in [2.45, 2.75) is 25.9 Å². The molecular weight excluding hydrogens is 270 g/mol. The molecule has 2 aromatic rings. The molecule has 0 saturated heterocycles. The monoisotopic (exact) mass is 287 g/mol. The highest BCUT2D eigenvalue weighted by Gasteiger charge is 2.27. The maximum Gasteiger partial charge on any atom is 0.270 e. The van der Waals surface area contributed by atoms with Gasteiger partial charge in [0, 0.05) is 11.8 Å². The van der Waals surface area contributed by atoms with Crippen molar-refractivity contribution in [1.29, 1.82) is 0 Å². The molecule has 1 aliphatic rings. The van der Waals surface area contributed by atoms with Gasteiger partial charge in [-0.3, -0.25) is 9.89 Å². The average Bonchev–Trinajstić information content (AvgIpc) is 2.95. The van der Waals surface area contributed by atoms with Gasteiger partial charge < -0.3 is 14.8 Å². The molecule has 0 radical (unpaired) electrons. The number of nitrogens with one attached hydrogen (secondary N) is 2. The van der Waals surface area contributed by atoms with Crippen molar-refractivity contribution < 1.29 is 14.3 Å². The summed E-state index contributed by atoms with van der Waals surface area (Å²) in [6.07, 6.45) is -0.681. The minimum Gasteiger partial charge on any atom is -0.485 e. The largest absolute Gasteiger partial charge is 0.485 e. The van der Waals surface area contributed by atoms with E-state index in [0.717, 1.165) is 5.69 Å². The molecule has 0 spiro atoms. The lowest BCUT2D eigenvalue weighted by Crippen LogP contribution is -2.40. The highest BCUT2D eigenvalue weighted by atomic mass is 16.6. The number of rotatable bonds is 3. The van der Waals surface area contributed by atoms with Crippen LogP contribution in [0, 0.1) is 0 Å². The Morgan fingerprint density at radius 3 is 2.86 bits per heavy atom. The lowest BCUT2D eigenvalue weighted by Gasteiger charge is -2.25. The first-order valence-corrected chi connectivity index (χ1v) is 6.88. The lowest BCUT2D eigenvalue weighted by atomic mass is 10.1. The molecule has 0 unspecified atom stereocenters. The fraction of sp³-hybridized carbons (Fsp3) is 0.333. The predicted molar refractivity (Wildman–Crippen MR) is 77.7 cm³/mol. The van der Waals surface area contributed by atoms with Crippen LogP contribution >= 0.6 is 0 Å². The number of hydrogen-bond acceptors (Lipinski definition) is 4. The van der Waals surface area contributed by atoms with Crippen molar-refractivity contribution in [3.05, 3.63) is 36.0 Å². The van der Waals surface area contributed by atoms with Gasteiger partial charge >= 0.3 is 0 Å². The summed E-state index contributed by atoms with van der Waals surface area (Å²) >= 11 is 0. The molecular formula is C15H17N3O3. The maximum absolute atomic E-state index is 12.2. The second-order valence-electron chi connectivity index (χ2n) is 5.22. The molecule has 0 aliphatic carbocycles. The second-order valence-corrected chi connectivity index (χ2v) is 5.22. The number of carbonyl (C=O) groups is 1. The Kier molecular flexibility index (Phi) is 3.51. The summed E-state index contributed by atoms with van der Waals surface area (Å²) in [5, 5.41) is 9.69. The van der Waals surface area contributed by atoms with Crippen LogP contribution in [0.2, 0.25) is 0 Å². The Morgan fingerprint density at radius 2 is 2.14 bits per heavy atom. The van der Waals surface area contributed by atoms with E-state index in [1.165, 1.54) is 0 Å². The minimum absolute atomic E-state index is 0.185. The summed E-state index contributed by atoms with van der Waals surface area (Å²) in [7, 11) is 0. The zero-order chi connectivity index (χ0) is 14.8. The fourth-order valence-corrected chi connectivity index (χ4v) is 2.05. The molecule has 0 bridgehead atoms. The zero-order valence-corrected chi connectivity index (χ0v) is 11.9. The average molecular weight is 287 g/mol. The summed E-state index contributed by atoms with van der Waals surface area (Å²) in [5.41, 5.74) is 0.969. The molecule has 2 heterocycles. The number of ether oxygens (including phenoxy) is 2. The molecule has 0 fully saturated rings. The van der Waals surface area contributed by atoms with E-state index in [4.69, 9.17) is 9.47 Å². The van der Waals surface area contributed by atoms with Gasteiger partial charge in [-0.05, 0) is 18.1 Å². The Balaban J connectivity index is 1.66. The molecule has 1 atom stereocenters. The molecule has 1 amide bonds. The maximum atomic E-state index is 12.2. The van der Waals surface area contributed by atoms with Gasteiger partial charge in [-0.1, -0.05) is 26.0 Å². The quantitative estimate of drug-likeness (QED) is 0.908. The summed E-state index contributed by atoms with van der Waals surface area (Å²) in [6.45, 7) is 4.28. The molecule has 2 N–H and O–H groups in total. The van der Waals surface area contributed by atoms with E-state index in [9.17, 15) is 4.79 Å². The van der Waals surface area contributed by atoms with Crippen LogP contribution in [0.1, 0.15) is 25.5 Å². The van der Waals surface area contributed by atoms with Crippen LogP contribution in [-0.2, 0) is 4.79 Å². The number of anilines is 1. The molecule has 1 aromatic carbocycles. The number of benzene rings is 1. The molecule has 0 saturated carbocycles. The van der Waals surface area contributed by atoms with Crippen molar-refractivity contribution in [3.63, 3.8) is 0 Å². The SMILES string of the molecule is CC(C)c1cc(NC(=O)[C@H]2COc3ccccc3O2)n[nH]1. The molecule has 21 heavy (non-hydrogen) atoms. The standard InChI is InChI=1S/C15H17N3O3/c1-9(2)10-7-14(18-17-10)16-15(19)13-8-20-11-5-3-4-6-12(11)21-13/h3-7,9,13H,8H2,1-2H3,(H2,16,17,18,19)/t13-/m1/s1. The lowest BCUT2D eigenvalue weighted by molar-refractivity contribution is -0.125. The number of amides is 1. The smallest absolute Gasteiger partial charge is 0.270 e. The van der Waals surface area contributed by atoms with Gasteiger partial charge in [0.15, 0.2) is 17.3 Å². The molecule has 6 nitrogen and oxygen atoms in total. The number of aromatic nitrogens is 2. The van der Waals surface area contributed by atoms with Crippen LogP contribution in [-0.4, -0.2) is 28.8 Å². The van der Waals surface area contributed by atoms with Gasteiger partial charge in [-0.15, -0.1) is 0 Å². The number of carbonyl (C=O) groups excluding carboxylic acids is 1. The second kappa shape index (κ2) is 5.47. The van der Waals surface area contributed by atoms with Crippen molar-refractivity contribution in [2.24, 2.45) is 0 Å². The van der Waals surface area contributed by atoms with E-state index in [1.54, 1.807) is 6.07 Å². The summed E-state index contributed by atoms with van der Waals surface area (Å²) < 4.78 is 11.2. The van der Waals surface area contributed by atoms with Gasteiger partial charge in [0.05, 0.1) is 0 Å². The Morgan fingerprint density at radius 1 is 1.38 bits per heavy atom. The van der Waals surface area contributed by atoms with Gasteiger partial charge in [-0.25, -0.2) is 0 Å². The fourth-order valence-electron chi connectivity index (χ4n) is 2.05. The molecule has 3 rings (SSSR count). The highest BCUT2D eigenvalue weighted by Crippen LogP contribution is 2.31. The van der Waals surface area contributed by atoms with Crippen LogP contribution in [0.15, 0.2) is 30.3 Å². The van der Waals surface area contributed by atoms with Crippen LogP contribution in [0.5, 0.6) is 11.5 Å². The Labute approximate surface area is 122 Å². The Hall–Kier alpha value is -2.50. The van der Waals surface area contributed by atoms with E-state index in [0.29, 0.717) is 23.2 Å². The normalized spacial score (nSPS) is 16.8. The van der Waals surface area contributed by atoms with Gasteiger partial charge in [0.2, 0.25) is 6.10 Å². The summed E-state index contributed by atoms with van der Waals surface area (Å²) in [5.74, 6) is 1.78. The number of fused-ring (bicyclic) bond motifs is 1. The first-order chi connectivity index (χ1) is 10.1. The summed E-state index contributed by atoms with van der Waals surface area (Å²) in [4.78, 5) is 12.2. The number of H-pyrrole nitrogens is 1. The third-order valence-corrected chi connectivity index (χ3v) is 3.27. The van der Waals surface area contributed by atoms with Crippen molar-refractivity contribution >= 4 is 11.7 Å². The molecule has 1 aromatic heterocycles. The highest BCUT2D eigenvalue weighted by molar-refractivity contribution is 5.94. The number of nitrogens with zero attached hydrogens (tertiary/aromatic N) is 1. The van der Waals surface area contributed by atoms with Gasteiger partial charge in [0.25, 0.3) is 5.91 Å². The number of hydrogen-bond donors (Lipinski definition) is 2. The van der Waals surface area contributed by atoms with E-state index in [-0.39, 0.29) is 12.5 Å². The van der Waals surface area contributed by atoms with E-state index >= 15 is 0 Å². The first-order valence-electron chi connectivity index (χ1n) is 6.88. The summed E-state index contributed by atoms with van der Waals surface area (Å²) in [6, 6.07) is 9.11. The van der Waals surface area contributed by atoms with Crippen molar-refractivity contribution in [3.8, 4) is 11.5 Å². The predicted octanol–water partition coefficient (Wildman–Crippen LogP) is 2.31. The first kappa shape index (κ1) is 13.5. The molecule has 1 aliphatic heterocycles. The minimum atomic E-state index is -0.681. The van der Waals surface area contributed by atoms with E-state index in [1.807, 2.05) is 38.1 Å². The number of para-hydroxylation sites is 2. The molecule has 110 valence electrons. The van der Waals surface area contributed by atoms with Crippen LogP contribution in [0.25, 0.3) is 0 Å². The number of aromatic amines is 1. The molecule has 6 heteroatoms. The Bertz CT molecular complexity index is 651. The zero-order valence-electron chi connectivity index (χ0n) is 11.9. The van der Waals surface area contributed by atoms with Gasteiger partial charge in [-0.2, -0.15) is 5.10 Å². The van der Waals surface area contributed by atoms with E-state index < -0.39 is 6.10 Å². The third-order valence-electron chi connectivity index (χ3n) is 3.27.